The molecule has 0 amide bonds. The summed E-state index contributed by atoms with van der Waals surface area (Å²) in [5, 5.41) is 1.43. The monoisotopic (exact) mass is 226 g/mol. The van der Waals surface area contributed by atoms with Gasteiger partial charge in [-0.1, -0.05) is 49.4 Å². The number of rotatable bonds is 1. The van der Waals surface area contributed by atoms with E-state index in [1.54, 1.807) is 0 Å². The van der Waals surface area contributed by atoms with Gasteiger partial charge < -0.3 is 0 Å². The van der Waals surface area contributed by atoms with Crippen molar-refractivity contribution in [1.82, 2.24) is 0 Å². The minimum atomic E-state index is 1.07. The summed E-state index contributed by atoms with van der Waals surface area (Å²) in [5.74, 6) is 0. The van der Waals surface area contributed by atoms with Crippen molar-refractivity contribution in [1.29, 1.82) is 0 Å². The van der Waals surface area contributed by atoms with Gasteiger partial charge >= 0.3 is 0 Å². The predicted octanol–water partition coefficient (Wildman–Crippen LogP) is 4.59. The van der Waals surface area contributed by atoms with Crippen LogP contribution in [0.25, 0.3) is 16.2 Å². The minimum absolute atomic E-state index is 1.07. The maximum absolute atomic E-state index is 2.25. The van der Waals surface area contributed by atoms with Crippen LogP contribution in [0.2, 0.25) is 0 Å². The Morgan fingerprint density at radius 1 is 1.25 bits per heavy atom. The van der Waals surface area contributed by atoms with Gasteiger partial charge in [-0.3, -0.25) is 0 Å². The van der Waals surface area contributed by atoms with Gasteiger partial charge in [0, 0.05) is 21.4 Å². The van der Waals surface area contributed by atoms with Gasteiger partial charge in [0.1, 0.15) is 0 Å². The molecule has 1 aromatic carbocycles. The first-order valence-corrected chi connectivity index (χ1v) is 6.58. The van der Waals surface area contributed by atoms with Crippen molar-refractivity contribution in [3.8, 4) is 0 Å². The molecule has 16 heavy (non-hydrogen) atoms. The highest BCUT2D eigenvalue weighted by Gasteiger charge is 2.11. The predicted molar refractivity (Wildman–Crippen MR) is 73.1 cm³/mol. The molecule has 1 heteroatoms. The molecule has 0 unspecified atom stereocenters. The second kappa shape index (κ2) is 3.91. The van der Waals surface area contributed by atoms with E-state index in [1.807, 2.05) is 11.3 Å². The summed E-state index contributed by atoms with van der Waals surface area (Å²) in [4.78, 5) is 1.50. The lowest BCUT2D eigenvalue weighted by atomic mass is 10.1. The van der Waals surface area contributed by atoms with E-state index in [4.69, 9.17) is 0 Å². The van der Waals surface area contributed by atoms with Crippen LogP contribution in [0.5, 0.6) is 0 Å². The van der Waals surface area contributed by atoms with Crippen LogP contribution in [0.4, 0.5) is 0 Å². The van der Waals surface area contributed by atoms with Crippen molar-refractivity contribution < 1.29 is 0 Å². The molecule has 1 aliphatic carbocycles. The van der Waals surface area contributed by atoms with Gasteiger partial charge in [-0.05, 0) is 17.5 Å². The number of aryl methyl sites for hydroxylation is 1. The van der Waals surface area contributed by atoms with Crippen LogP contribution in [-0.4, -0.2) is 0 Å². The van der Waals surface area contributed by atoms with Crippen molar-refractivity contribution >= 4 is 27.5 Å². The molecule has 0 radical (unpaired) electrons. The average molecular weight is 226 g/mol. The topological polar surface area (TPSA) is 0 Å². The third-order valence-electron chi connectivity index (χ3n) is 3.11. The first kappa shape index (κ1) is 9.86. The minimum Gasteiger partial charge on any atom is -0.139 e. The molecule has 0 saturated heterocycles. The zero-order chi connectivity index (χ0) is 11.0. The average Bonchev–Trinajstić information content (AvgIpc) is 2.52. The third-order valence-corrected chi connectivity index (χ3v) is 4.43. The molecule has 0 aliphatic heterocycles. The highest BCUT2D eigenvalue weighted by molar-refractivity contribution is 7.19. The lowest BCUT2D eigenvalue weighted by molar-refractivity contribution is 1.16. The molecule has 0 bridgehead atoms. The Hall–Kier alpha value is -1.34. The summed E-state index contributed by atoms with van der Waals surface area (Å²) < 4.78 is 1.48. The van der Waals surface area contributed by atoms with Gasteiger partial charge in [-0.2, -0.15) is 0 Å². The number of hydrogen-bond donors (Lipinski definition) is 0. The van der Waals surface area contributed by atoms with Crippen molar-refractivity contribution in [3.05, 3.63) is 52.4 Å². The summed E-state index contributed by atoms with van der Waals surface area (Å²) in [7, 11) is 0. The van der Waals surface area contributed by atoms with E-state index in [0.717, 1.165) is 12.8 Å². The fourth-order valence-electron chi connectivity index (χ4n) is 2.26. The van der Waals surface area contributed by atoms with Crippen molar-refractivity contribution in [2.45, 2.75) is 19.8 Å². The first-order valence-electron chi connectivity index (χ1n) is 5.76. The van der Waals surface area contributed by atoms with Crippen LogP contribution in [0.3, 0.4) is 0 Å². The summed E-state index contributed by atoms with van der Waals surface area (Å²) >= 11 is 1.96. The maximum atomic E-state index is 2.25. The van der Waals surface area contributed by atoms with Crippen molar-refractivity contribution in [3.63, 3.8) is 0 Å². The summed E-state index contributed by atoms with van der Waals surface area (Å²) in [6.45, 7) is 2.23. The van der Waals surface area contributed by atoms with Crippen LogP contribution >= 0.6 is 11.3 Å². The van der Waals surface area contributed by atoms with Gasteiger partial charge in [-0.15, -0.1) is 11.3 Å². The second-order valence-corrected chi connectivity index (χ2v) is 5.18. The van der Waals surface area contributed by atoms with Gasteiger partial charge in [0.05, 0.1) is 0 Å². The van der Waals surface area contributed by atoms with Crippen LogP contribution < -0.4 is 0 Å². The van der Waals surface area contributed by atoms with E-state index in [-0.39, 0.29) is 0 Å². The summed E-state index contributed by atoms with van der Waals surface area (Å²) in [6.07, 6.45) is 11.0. The second-order valence-electron chi connectivity index (χ2n) is 4.08. The number of thiophene rings is 1. The van der Waals surface area contributed by atoms with Crippen molar-refractivity contribution in [2.75, 3.05) is 0 Å². The van der Waals surface area contributed by atoms with Crippen LogP contribution in [0, 0.1) is 0 Å². The van der Waals surface area contributed by atoms with Gasteiger partial charge in [0.25, 0.3) is 0 Å². The molecule has 1 aliphatic rings. The standard InChI is InChI=1S/C15H14S/c1-2-11-7-6-9-13-12-8-4-3-5-10-14(12)16-15(11)13/h3-9H,2,10H2,1H3. The Morgan fingerprint density at radius 3 is 3.06 bits per heavy atom. The smallest absolute Gasteiger partial charge is 0.0383 e. The highest BCUT2D eigenvalue weighted by atomic mass is 32.1. The zero-order valence-electron chi connectivity index (χ0n) is 9.36. The van der Waals surface area contributed by atoms with E-state index in [9.17, 15) is 0 Å². The Kier molecular flexibility index (Phi) is 2.41. The fraction of sp³-hybridized carbons (Fsp3) is 0.200. The molecular formula is C15H14S. The normalized spacial score (nSPS) is 14.1. The Morgan fingerprint density at radius 2 is 2.19 bits per heavy atom. The summed E-state index contributed by atoms with van der Waals surface area (Å²) in [5.41, 5.74) is 2.91. The van der Waals surface area contributed by atoms with Gasteiger partial charge in [-0.25, -0.2) is 0 Å². The lowest BCUT2D eigenvalue weighted by Gasteiger charge is -1.98. The molecule has 0 nitrogen and oxygen atoms in total. The lowest BCUT2D eigenvalue weighted by Crippen LogP contribution is -1.79. The number of benzene rings is 1. The largest absolute Gasteiger partial charge is 0.139 e. The Labute approximate surface area is 99.9 Å². The molecule has 0 spiro atoms. The third kappa shape index (κ3) is 1.43. The molecule has 0 fully saturated rings. The van der Waals surface area contributed by atoms with Crippen LogP contribution in [0.1, 0.15) is 22.9 Å². The molecule has 2 aromatic rings. The summed E-state index contributed by atoms with van der Waals surface area (Å²) in [6, 6.07) is 6.68. The molecule has 0 saturated carbocycles. The van der Waals surface area contributed by atoms with Crippen LogP contribution in [-0.2, 0) is 12.8 Å². The number of fused-ring (bicyclic) bond motifs is 3. The van der Waals surface area contributed by atoms with E-state index >= 15 is 0 Å². The highest BCUT2D eigenvalue weighted by Crippen LogP contribution is 2.36. The number of hydrogen-bond acceptors (Lipinski definition) is 1. The molecular weight excluding hydrogens is 212 g/mol. The van der Waals surface area contributed by atoms with E-state index in [1.165, 1.54) is 26.1 Å². The molecule has 1 aromatic heterocycles. The van der Waals surface area contributed by atoms with Gasteiger partial charge in [0.15, 0.2) is 0 Å². The van der Waals surface area contributed by atoms with Crippen LogP contribution in [0.15, 0.2) is 36.4 Å². The molecule has 0 atom stereocenters. The maximum Gasteiger partial charge on any atom is 0.0383 e. The van der Waals surface area contributed by atoms with Gasteiger partial charge in [0.2, 0.25) is 0 Å². The van der Waals surface area contributed by atoms with E-state index < -0.39 is 0 Å². The molecule has 3 rings (SSSR count). The SMILES string of the molecule is CCc1cccc2c3c(sc12)CC=CC=C3. The Balaban J connectivity index is 2.33. The molecule has 1 heterocycles. The van der Waals surface area contributed by atoms with E-state index in [2.05, 4.69) is 49.4 Å². The fourth-order valence-corrected chi connectivity index (χ4v) is 3.61. The van der Waals surface area contributed by atoms with E-state index in [0.29, 0.717) is 0 Å². The number of allylic oxidation sites excluding steroid dienone is 3. The molecule has 0 N–H and O–H groups in total. The quantitative estimate of drug-likeness (QED) is 0.667. The zero-order valence-corrected chi connectivity index (χ0v) is 10.2. The Bertz CT molecular complexity index is 585. The first-order chi connectivity index (χ1) is 7.90. The van der Waals surface area contributed by atoms with Crippen molar-refractivity contribution in [2.24, 2.45) is 0 Å². The molecule has 80 valence electrons.